The fourth-order valence-corrected chi connectivity index (χ4v) is 1.54. The highest BCUT2D eigenvalue weighted by atomic mass is 16.2. The van der Waals surface area contributed by atoms with Crippen LogP contribution >= 0.6 is 0 Å². The van der Waals surface area contributed by atoms with Crippen molar-refractivity contribution >= 4 is 6.03 Å². The summed E-state index contributed by atoms with van der Waals surface area (Å²) >= 11 is 0. The van der Waals surface area contributed by atoms with Gasteiger partial charge in [0.25, 0.3) is 0 Å². The van der Waals surface area contributed by atoms with E-state index in [1.165, 1.54) is 0 Å². The minimum absolute atomic E-state index is 0.00542. The molecular formula is C11H25N3O. The fraction of sp³-hybridized carbons (Fsp3) is 0.909. The minimum Gasteiger partial charge on any atom is -0.338 e. The second-order valence-electron chi connectivity index (χ2n) is 4.03. The van der Waals surface area contributed by atoms with E-state index in [0.29, 0.717) is 13.1 Å². The minimum atomic E-state index is -0.230. The second kappa shape index (κ2) is 6.67. The molecule has 0 bridgehead atoms. The number of likely N-dealkylation sites (N-methyl/N-ethyl adjacent to an activating group) is 1. The van der Waals surface area contributed by atoms with Crippen LogP contribution in [0, 0.1) is 0 Å². The number of urea groups is 1. The van der Waals surface area contributed by atoms with Crippen molar-refractivity contribution in [2.24, 2.45) is 5.73 Å². The van der Waals surface area contributed by atoms with Crippen molar-refractivity contribution < 1.29 is 4.79 Å². The SMILES string of the molecule is CCCNC(=O)N(CC)C(C)(CC)CN. The van der Waals surface area contributed by atoms with Crippen molar-refractivity contribution in [2.45, 2.75) is 46.1 Å². The highest BCUT2D eigenvalue weighted by molar-refractivity contribution is 5.75. The molecule has 0 radical (unpaired) electrons. The van der Waals surface area contributed by atoms with Gasteiger partial charge in [-0.3, -0.25) is 0 Å². The molecule has 90 valence electrons. The van der Waals surface area contributed by atoms with Gasteiger partial charge in [-0.2, -0.15) is 0 Å². The van der Waals surface area contributed by atoms with Crippen LogP contribution in [0.25, 0.3) is 0 Å². The Morgan fingerprint density at radius 3 is 2.33 bits per heavy atom. The van der Waals surface area contributed by atoms with Gasteiger partial charge in [0, 0.05) is 19.6 Å². The number of nitrogens with two attached hydrogens (primary N) is 1. The molecule has 2 amide bonds. The van der Waals surface area contributed by atoms with Crippen molar-refractivity contribution in [3.8, 4) is 0 Å². The van der Waals surface area contributed by atoms with E-state index in [2.05, 4.69) is 12.2 Å². The van der Waals surface area contributed by atoms with E-state index in [4.69, 9.17) is 5.73 Å². The first-order chi connectivity index (χ1) is 7.05. The molecule has 0 spiro atoms. The predicted molar refractivity (Wildman–Crippen MR) is 63.8 cm³/mol. The molecule has 0 saturated carbocycles. The maximum atomic E-state index is 11.9. The lowest BCUT2D eigenvalue weighted by atomic mass is 9.97. The summed E-state index contributed by atoms with van der Waals surface area (Å²) in [4.78, 5) is 13.7. The van der Waals surface area contributed by atoms with Gasteiger partial charge in [-0.1, -0.05) is 13.8 Å². The van der Waals surface area contributed by atoms with Crippen molar-refractivity contribution in [3.05, 3.63) is 0 Å². The molecule has 0 heterocycles. The van der Waals surface area contributed by atoms with Gasteiger partial charge < -0.3 is 16.0 Å². The number of amides is 2. The zero-order chi connectivity index (χ0) is 11.9. The van der Waals surface area contributed by atoms with Crippen LogP contribution in [0.2, 0.25) is 0 Å². The number of nitrogens with one attached hydrogen (secondary N) is 1. The van der Waals surface area contributed by atoms with Gasteiger partial charge in [-0.15, -0.1) is 0 Å². The average Bonchev–Trinajstić information content (AvgIpc) is 2.26. The highest BCUT2D eigenvalue weighted by Crippen LogP contribution is 2.17. The molecule has 0 saturated heterocycles. The van der Waals surface area contributed by atoms with E-state index >= 15 is 0 Å². The van der Waals surface area contributed by atoms with E-state index in [-0.39, 0.29) is 11.6 Å². The molecule has 0 aromatic carbocycles. The van der Waals surface area contributed by atoms with Crippen LogP contribution in [0.1, 0.15) is 40.5 Å². The Bertz CT molecular complexity index is 190. The lowest BCUT2D eigenvalue weighted by Gasteiger charge is -2.39. The van der Waals surface area contributed by atoms with Crippen molar-refractivity contribution in [3.63, 3.8) is 0 Å². The first-order valence-electron chi connectivity index (χ1n) is 5.81. The van der Waals surface area contributed by atoms with Crippen LogP contribution in [0.3, 0.4) is 0 Å². The zero-order valence-electron chi connectivity index (χ0n) is 10.5. The summed E-state index contributed by atoms with van der Waals surface area (Å²) in [6.07, 6.45) is 1.83. The molecule has 0 rings (SSSR count). The molecule has 0 aliphatic heterocycles. The molecule has 3 N–H and O–H groups in total. The number of hydrogen-bond donors (Lipinski definition) is 2. The maximum Gasteiger partial charge on any atom is 0.317 e. The van der Waals surface area contributed by atoms with Gasteiger partial charge >= 0.3 is 6.03 Å². The summed E-state index contributed by atoms with van der Waals surface area (Å²) in [6.45, 7) is 10.0. The molecular weight excluding hydrogens is 190 g/mol. The Labute approximate surface area is 93.2 Å². The fourth-order valence-electron chi connectivity index (χ4n) is 1.54. The van der Waals surface area contributed by atoms with E-state index < -0.39 is 0 Å². The van der Waals surface area contributed by atoms with Crippen molar-refractivity contribution in [1.29, 1.82) is 0 Å². The second-order valence-corrected chi connectivity index (χ2v) is 4.03. The third kappa shape index (κ3) is 3.70. The Balaban J connectivity index is 4.51. The van der Waals surface area contributed by atoms with E-state index in [9.17, 15) is 4.79 Å². The Hall–Kier alpha value is -0.770. The zero-order valence-corrected chi connectivity index (χ0v) is 10.5. The molecule has 4 nitrogen and oxygen atoms in total. The molecule has 0 aliphatic carbocycles. The van der Waals surface area contributed by atoms with Gasteiger partial charge in [0.2, 0.25) is 0 Å². The molecule has 0 aliphatic rings. The van der Waals surface area contributed by atoms with E-state index in [0.717, 1.165) is 19.4 Å². The molecule has 4 heteroatoms. The smallest absolute Gasteiger partial charge is 0.317 e. The summed E-state index contributed by atoms with van der Waals surface area (Å²) < 4.78 is 0. The highest BCUT2D eigenvalue weighted by Gasteiger charge is 2.30. The van der Waals surface area contributed by atoms with Crippen molar-refractivity contribution in [2.75, 3.05) is 19.6 Å². The van der Waals surface area contributed by atoms with E-state index in [1.54, 1.807) is 0 Å². The number of carbonyl (C=O) groups is 1. The molecule has 1 unspecified atom stereocenters. The number of hydrogen-bond acceptors (Lipinski definition) is 2. The van der Waals surface area contributed by atoms with Gasteiger partial charge in [0.15, 0.2) is 0 Å². The lowest BCUT2D eigenvalue weighted by molar-refractivity contribution is 0.129. The van der Waals surface area contributed by atoms with Gasteiger partial charge in [-0.25, -0.2) is 4.79 Å². The first kappa shape index (κ1) is 14.2. The Kier molecular flexibility index (Phi) is 6.32. The largest absolute Gasteiger partial charge is 0.338 e. The predicted octanol–water partition coefficient (Wildman–Crippen LogP) is 1.56. The quantitative estimate of drug-likeness (QED) is 0.706. The van der Waals surface area contributed by atoms with E-state index in [1.807, 2.05) is 25.7 Å². The summed E-state index contributed by atoms with van der Waals surface area (Å²) in [6, 6.07) is -0.00542. The summed E-state index contributed by atoms with van der Waals surface area (Å²) in [5, 5.41) is 2.89. The standard InChI is InChI=1S/C11H25N3O/c1-5-8-13-10(15)14(7-3)11(4,6-2)9-12/h5-9,12H2,1-4H3,(H,13,15). The van der Waals surface area contributed by atoms with Crippen LogP contribution in [-0.2, 0) is 0 Å². The Morgan fingerprint density at radius 1 is 1.40 bits per heavy atom. The van der Waals surface area contributed by atoms with Gasteiger partial charge in [0.05, 0.1) is 5.54 Å². The van der Waals surface area contributed by atoms with Crippen LogP contribution in [0.4, 0.5) is 4.79 Å². The monoisotopic (exact) mass is 215 g/mol. The molecule has 1 atom stereocenters. The molecule has 0 aromatic rings. The Morgan fingerprint density at radius 2 is 2.00 bits per heavy atom. The number of carbonyl (C=O) groups excluding carboxylic acids is 1. The molecule has 15 heavy (non-hydrogen) atoms. The van der Waals surface area contributed by atoms with Crippen molar-refractivity contribution in [1.82, 2.24) is 10.2 Å². The summed E-state index contributed by atoms with van der Waals surface area (Å²) in [7, 11) is 0. The summed E-state index contributed by atoms with van der Waals surface area (Å²) in [5.41, 5.74) is 5.51. The van der Waals surface area contributed by atoms with Crippen LogP contribution < -0.4 is 11.1 Å². The van der Waals surface area contributed by atoms with Gasteiger partial charge in [-0.05, 0) is 26.7 Å². The van der Waals surface area contributed by atoms with Crippen LogP contribution in [0.5, 0.6) is 0 Å². The first-order valence-corrected chi connectivity index (χ1v) is 5.81. The third-order valence-electron chi connectivity index (χ3n) is 2.94. The third-order valence-corrected chi connectivity index (χ3v) is 2.94. The van der Waals surface area contributed by atoms with Crippen LogP contribution in [-0.4, -0.2) is 36.1 Å². The number of rotatable bonds is 6. The molecule has 0 aromatic heterocycles. The topological polar surface area (TPSA) is 58.4 Å². The maximum absolute atomic E-state index is 11.9. The summed E-state index contributed by atoms with van der Waals surface area (Å²) in [5.74, 6) is 0. The lowest BCUT2D eigenvalue weighted by Crippen LogP contribution is -2.56. The number of nitrogens with zero attached hydrogens (tertiary/aromatic N) is 1. The van der Waals surface area contributed by atoms with Crippen LogP contribution in [0.15, 0.2) is 0 Å². The molecule has 0 fully saturated rings. The average molecular weight is 215 g/mol. The normalized spacial score (nSPS) is 14.5. The van der Waals surface area contributed by atoms with Gasteiger partial charge in [0.1, 0.15) is 0 Å².